The first kappa shape index (κ1) is 23.9. The monoisotopic (exact) mass is 484 g/mol. The van der Waals surface area contributed by atoms with E-state index < -0.39 is 10.0 Å². The zero-order valence-electron chi connectivity index (χ0n) is 19.3. The van der Waals surface area contributed by atoms with Gasteiger partial charge in [-0.05, 0) is 43.5 Å². The number of carbonyl (C=O) groups is 1. The van der Waals surface area contributed by atoms with Crippen LogP contribution in [-0.4, -0.2) is 49.6 Å². The number of aryl methyl sites for hydroxylation is 1. The van der Waals surface area contributed by atoms with Crippen molar-refractivity contribution in [1.82, 2.24) is 19.8 Å². The zero-order chi connectivity index (χ0) is 24.1. The van der Waals surface area contributed by atoms with Crippen molar-refractivity contribution in [3.8, 4) is 17.1 Å². The standard InChI is InChI=1S/C24H28N4O5S/c1-17-9-5-6-10-19(17)23-26-22(33-27-23)16-25-34(30,31)18-11-12-21(32-2)20(15-18)24(29)28-13-7-3-4-8-14-28/h5-6,9-12,15,25H,3-4,7-8,13-14,16H2,1-2H3. The summed E-state index contributed by atoms with van der Waals surface area (Å²) < 4.78 is 39.0. The number of benzene rings is 2. The van der Waals surface area contributed by atoms with E-state index in [1.54, 1.807) is 4.90 Å². The van der Waals surface area contributed by atoms with Crippen molar-refractivity contribution in [1.29, 1.82) is 0 Å². The minimum absolute atomic E-state index is 0.0369. The van der Waals surface area contributed by atoms with Crippen molar-refractivity contribution in [2.75, 3.05) is 20.2 Å². The summed E-state index contributed by atoms with van der Waals surface area (Å²) in [6, 6.07) is 11.9. The molecule has 0 saturated carbocycles. The average Bonchev–Trinajstić information content (AvgIpc) is 3.15. The summed E-state index contributed by atoms with van der Waals surface area (Å²) in [6.07, 6.45) is 4.03. The molecule has 1 aliphatic rings. The lowest BCUT2D eigenvalue weighted by molar-refractivity contribution is 0.0758. The molecule has 34 heavy (non-hydrogen) atoms. The van der Waals surface area contributed by atoms with Gasteiger partial charge in [0.1, 0.15) is 5.75 Å². The highest BCUT2D eigenvalue weighted by Crippen LogP contribution is 2.26. The molecule has 1 aromatic heterocycles. The maximum atomic E-state index is 13.2. The van der Waals surface area contributed by atoms with Crippen LogP contribution in [0, 0.1) is 6.92 Å². The van der Waals surface area contributed by atoms with Crippen molar-refractivity contribution in [3.05, 3.63) is 59.5 Å². The van der Waals surface area contributed by atoms with Crippen molar-refractivity contribution < 1.29 is 22.5 Å². The smallest absolute Gasteiger partial charge is 0.257 e. The van der Waals surface area contributed by atoms with Gasteiger partial charge in [0.15, 0.2) is 0 Å². The molecule has 1 N–H and O–H groups in total. The number of ether oxygens (including phenoxy) is 1. The van der Waals surface area contributed by atoms with E-state index in [0.717, 1.165) is 36.8 Å². The average molecular weight is 485 g/mol. The van der Waals surface area contributed by atoms with Crippen LogP contribution in [-0.2, 0) is 16.6 Å². The molecule has 0 unspecified atom stereocenters. The number of aromatic nitrogens is 2. The van der Waals surface area contributed by atoms with Crippen LogP contribution in [0.25, 0.3) is 11.4 Å². The Kier molecular flexibility index (Phi) is 7.28. The fourth-order valence-electron chi connectivity index (χ4n) is 3.97. The fraction of sp³-hybridized carbons (Fsp3) is 0.375. The third kappa shape index (κ3) is 5.28. The molecule has 9 nitrogen and oxygen atoms in total. The maximum Gasteiger partial charge on any atom is 0.257 e. The molecule has 0 atom stereocenters. The lowest BCUT2D eigenvalue weighted by Crippen LogP contribution is -2.32. The Morgan fingerprint density at radius 1 is 1.12 bits per heavy atom. The van der Waals surface area contributed by atoms with Crippen LogP contribution >= 0.6 is 0 Å². The maximum absolute atomic E-state index is 13.2. The van der Waals surface area contributed by atoms with Crippen LogP contribution in [0.1, 0.15) is 47.5 Å². The second-order valence-corrected chi connectivity index (χ2v) is 9.99. The first-order chi connectivity index (χ1) is 16.4. The van der Waals surface area contributed by atoms with Gasteiger partial charge in [-0.1, -0.05) is 42.3 Å². The topological polar surface area (TPSA) is 115 Å². The Morgan fingerprint density at radius 2 is 1.85 bits per heavy atom. The van der Waals surface area contributed by atoms with Gasteiger partial charge in [-0.2, -0.15) is 4.98 Å². The van der Waals surface area contributed by atoms with Gasteiger partial charge >= 0.3 is 0 Å². The van der Waals surface area contributed by atoms with Gasteiger partial charge in [-0.3, -0.25) is 4.79 Å². The summed E-state index contributed by atoms with van der Waals surface area (Å²) >= 11 is 0. The molecule has 1 fully saturated rings. The van der Waals surface area contributed by atoms with Gasteiger partial charge in [0, 0.05) is 18.7 Å². The van der Waals surface area contributed by atoms with Crippen LogP contribution in [0.3, 0.4) is 0 Å². The molecule has 2 aromatic carbocycles. The largest absolute Gasteiger partial charge is 0.496 e. The highest BCUT2D eigenvalue weighted by Gasteiger charge is 2.24. The van der Waals surface area contributed by atoms with Crippen LogP contribution in [0.5, 0.6) is 5.75 Å². The third-order valence-corrected chi connectivity index (χ3v) is 7.27. The Hall–Kier alpha value is -3.24. The highest BCUT2D eigenvalue weighted by atomic mass is 32.2. The lowest BCUT2D eigenvalue weighted by Gasteiger charge is -2.22. The summed E-state index contributed by atoms with van der Waals surface area (Å²) in [5.74, 6) is 0.641. The molecular formula is C24H28N4O5S. The van der Waals surface area contributed by atoms with Crippen molar-refractivity contribution in [3.63, 3.8) is 0 Å². The first-order valence-electron chi connectivity index (χ1n) is 11.2. The van der Waals surface area contributed by atoms with E-state index >= 15 is 0 Å². The molecule has 1 aliphatic heterocycles. The number of nitrogens with one attached hydrogen (secondary N) is 1. The highest BCUT2D eigenvalue weighted by molar-refractivity contribution is 7.89. The minimum Gasteiger partial charge on any atom is -0.496 e. The number of hydrogen-bond acceptors (Lipinski definition) is 7. The van der Waals surface area contributed by atoms with E-state index in [1.165, 1.54) is 25.3 Å². The summed E-state index contributed by atoms with van der Waals surface area (Å²) in [5, 5.41) is 3.95. The number of nitrogens with zero attached hydrogens (tertiary/aromatic N) is 3. The van der Waals surface area contributed by atoms with Gasteiger partial charge in [-0.25, -0.2) is 13.1 Å². The Bertz CT molecular complexity index is 1260. The molecule has 1 amide bonds. The molecule has 10 heteroatoms. The minimum atomic E-state index is -3.95. The predicted octanol–water partition coefficient (Wildman–Crippen LogP) is 3.55. The molecule has 2 heterocycles. The summed E-state index contributed by atoms with van der Waals surface area (Å²) in [5.41, 5.74) is 2.02. The van der Waals surface area contributed by atoms with E-state index in [-0.39, 0.29) is 28.8 Å². The summed E-state index contributed by atoms with van der Waals surface area (Å²) in [7, 11) is -2.48. The summed E-state index contributed by atoms with van der Waals surface area (Å²) in [6.45, 7) is 3.06. The number of hydrogen-bond donors (Lipinski definition) is 1. The molecule has 4 rings (SSSR count). The van der Waals surface area contributed by atoms with E-state index in [0.29, 0.717) is 24.7 Å². The second-order valence-electron chi connectivity index (χ2n) is 8.22. The third-order valence-electron chi connectivity index (χ3n) is 5.87. The number of rotatable bonds is 7. The number of methoxy groups -OCH3 is 1. The molecule has 180 valence electrons. The molecular weight excluding hydrogens is 456 g/mol. The normalized spacial score (nSPS) is 14.6. The Morgan fingerprint density at radius 3 is 2.56 bits per heavy atom. The molecule has 0 spiro atoms. The number of carbonyl (C=O) groups excluding carboxylic acids is 1. The molecule has 3 aromatic rings. The SMILES string of the molecule is COc1ccc(S(=O)(=O)NCc2nc(-c3ccccc3C)no2)cc1C(=O)N1CCCCCC1. The quantitative estimate of drug-likeness (QED) is 0.545. The van der Waals surface area contributed by atoms with Gasteiger partial charge < -0.3 is 14.2 Å². The summed E-state index contributed by atoms with van der Waals surface area (Å²) in [4.78, 5) is 19.2. The van der Waals surface area contributed by atoms with Crippen LogP contribution in [0.2, 0.25) is 0 Å². The van der Waals surface area contributed by atoms with Crippen molar-refractivity contribution in [2.24, 2.45) is 0 Å². The molecule has 0 bridgehead atoms. The molecule has 0 aliphatic carbocycles. The van der Waals surface area contributed by atoms with Crippen molar-refractivity contribution in [2.45, 2.75) is 44.0 Å². The molecule has 1 saturated heterocycles. The zero-order valence-corrected chi connectivity index (χ0v) is 20.1. The first-order valence-corrected chi connectivity index (χ1v) is 12.7. The van der Waals surface area contributed by atoms with Crippen LogP contribution in [0.4, 0.5) is 0 Å². The Balaban J connectivity index is 1.52. The van der Waals surface area contributed by atoms with E-state index in [9.17, 15) is 13.2 Å². The van der Waals surface area contributed by atoms with Crippen LogP contribution < -0.4 is 9.46 Å². The van der Waals surface area contributed by atoms with E-state index in [1.807, 2.05) is 31.2 Å². The lowest BCUT2D eigenvalue weighted by atomic mass is 10.1. The van der Waals surface area contributed by atoms with E-state index in [2.05, 4.69) is 14.9 Å². The van der Waals surface area contributed by atoms with Crippen LogP contribution in [0.15, 0.2) is 51.9 Å². The molecule has 0 radical (unpaired) electrons. The van der Waals surface area contributed by atoms with Gasteiger partial charge in [0.05, 0.1) is 24.1 Å². The van der Waals surface area contributed by atoms with Crippen molar-refractivity contribution >= 4 is 15.9 Å². The van der Waals surface area contributed by atoms with E-state index in [4.69, 9.17) is 9.26 Å². The van der Waals surface area contributed by atoms with Gasteiger partial charge in [-0.15, -0.1) is 0 Å². The number of likely N-dealkylation sites (tertiary alicyclic amines) is 1. The number of amides is 1. The van der Waals surface area contributed by atoms with Gasteiger partial charge in [0.2, 0.25) is 21.7 Å². The predicted molar refractivity (Wildman–Crippen MR) is 126 cm³/mol. The van der Waals surface area contributed by atoms with Gasteiger partial charge in [0.25, 0.3) is 5.91 Å². The second kappa shape index (κ2) is 10.4. The number of sulfonamides is 1. The fourth-order valence-corrected chi connectivity index (χ4v) is 4.97. The Labute approximate surface area is 199 Å².